The first-order chi connectivity index (χ1) is 53.5. The maximum Gasteiger partial charge on any atom is 0.0541 e. The second-order valence-corrected chi connectivity index (χ2v) is 28.4. The van der Waals surface area contributed by atoms with Crippen LogP contribution in [0.4, 0.5) is 0 Å². The van der Waals surface area contributed by atoms with E-state index in [1.54, 1.807) is 0 Å². The van der Waals surface area contributed by atoms with E-state index in [0.717, 1.165) is 22.7 Å². The van der Waals surface area contributed by atoms with Crippen LogP contribution in [0.1, 0.15) is 0 Å². The summed E-state index contributed by atoms with van der Waals surface area (Å²) < 4.78 is 9.63. The fourth-order valence-corrected chi connectivity index (χ4v) is 17.0. The van der Waals surface area contributed by atoms with Gasteiger partial charge in [-0.3, -0.25) is 0 Å². The maximum atomic E-state index is 2.42. The zero-order chi connectivity index (χ0) is 71.2. The van der Waals surface area contributed by atoms with Crippen LogP contribution in [-0.2, 0) is 0 Å². The van der Waals surface area contributed by atoms with Crippen LogP contribution in [0.2, 0.25) is 0 Å². The molecule has 0 radical (unpaired) electrons. The SMILES string of the molecule is c1ccc(-c2cccc(-n3c4ccccc4c4cc(-c5ccc6c(c5)c5ccccc5n6-c5ccc(-c6ccc7ccccc7c6)cc5)ccc43)c2)cc1.c1ccc(-c2cccc(-n3c4ccccc4c4cc(-c5ccc6c(c5)c5ccccc5n6-c5cccc(-c6ccc7ccccc7c6)c5)ccc43)c2)cc1. The molecule has 0 N–H and O–H groups in total. The Balaban J connectivity index is 0.000000138. The Labute approximate surface area is 625 Å². The summed E-state index contributed by atoms with van der Waals surface area (Å²) in [6.07, 6.45) is 0. The van der Waals surface area contributed by atoms with Gasteiger partial charge in [0.15, 0.2) is 0 Å². The van der Waals surface area contributed by atoms with Crippen molar-refractivity contribution in [1.29, 1.82) is 0 Å². The van der Waals surface area contributed by atoms with Crippen molar-refractivity contribution in [2.24, 2.45) is 0 Å². The van der Waals surface area contributed by atoms with Crippen LogP contribution in [0.15, 0.2) is 413 Å². The van der Waals surface area contributed by atoms with E-state index in [2.05, 4.69) is 431 Å². The lowest BCUT2D eigenvalue weighted by Crippen LogP contribution is -1.94. The van der Waals surface area contributed by atoms with Crippen molar-refractivity contribution < 1.29 is 0 Å². The fraction of sp³-hybridized carbons (Fsp3) is 0. The molecule has 0 aliphatic rings. The first kappa shape index (κ1) is 62.3. The largest absolute Gasteiger partial charge is 0.309 e. The van der Waals surface area contributed by atoms with E-state index in [-0.39, 0.29) is 0 Å². The Kier molecular flexibility index (Phi) is 14.9. The van der Waals surface area contributed by atoms with Gasteiger partial charge in [0.1, 0.15) is 0 Å². The van der Waals surface area contributed by atoms with E-state index < -0.39 is 0 Å². The van der Waals surface area contributed by atoms with E-state index in [1.807, 2.05) is 0 Å². The lowest BCUT2D eigenvalue weighted by atomic mass is 10.0. The molecule has 0 fully saturated rings. The van der Waals surface area contributed by atoms with Crippen LogP contribution in [0.25, 0.3) is 198 Å². The molecular formula is C104H68N4. The molecule has 0 aliphatic carbocycles. The van der Waals surface area contributed by atoms with Gasteiger partial charge in [0, 0.05) is 65.8 Å². The van der Waals surface area contributed by atoms with Crippen molar-refractivity contribution in [3.8, 4) is 89.5 Å². The molecule has 0 bridgehead atoms. The number of hydrogen-bond acceptors (Lipinski definition) is 0. The van der Waals surface area contributed by atoms with Crippen molar-refractivity contribution in [2.75, 3.05) is 0 Å². The predicted molar refractivity (Wildman–Crippen MR) is 458 cm³/mol. The summed E-state index contributed by atoms with van der Waals surface area (Å²) in [5.74, 6) is 0. The molecule has 4 nitrogen and oxygen atoms in total. The molecule has 0 spiro atoms. The lowest BCUT2D eigenvalue weighted by Gasteiger charge is -2.12. The summed E-state index contributed by atoms with van der Waals surface area (Å²) in [5.41, 5.74) is 28.9. The molecule has 4 aromatic heterocycles. The van der Waals surface area contributed by atoms with Gasteiger partial charge in [-0.2, -0.15) is 0 Å². The van der Waals surface area contributed by atoms with Crippen LogP contribution in [0.5, 0.6) is 0 Å². The zero-order valence-electron chi connectivity index (χ0n) is 59.0. The Morgan fingerprint density at radius 1 is 0.111 bits per heavy atom. The third kappa shape index (κ3) is 10.7. The Bertz CT molecular complexity index is 7290. The minimum absolute atomic E-state index is 1.16. The summed E-state index contributed by atoms with van der Waals surface area (Å²) in [7, 11) is 0. The number of para-hydroxylation sites is 4. The number of fused-ring (bicyclic) bond motifs is 14. The van der Waals surface area contributed by atoms with E-state index in [0.29, 0.717) is 0 Å². The van der Waals surface area contributed by atoms with E-state index in [4.69, 9.17) is 0 Å². The van der Waals surface area contributed by atoms with Gasteiger partial charge >= 0.3 is 0 Å². The highest BCUT2D eigenvalue weighted by Gasteiger charge is 2.21. The number of hydrogen-bond donors (Lipinski definition) is 0. The molecule has 22 rings (SSSR count). The smallest absolute Gasteiger partial charge is 0.0541 e. The maximum absolute atomic E-state index is 2.42. The second kappa shape index (κ2) is 25.8. The third-order valence-electron chi connectivity index (χ3n) is 22.2. The first-order valence-corrected chi connectivity index (χ1v) is 37.2. The number of nitrogens with zero attached hydrogens (tertiary/aromatic N) is 4. The van der Waals surface area contributed by atoms with Gasteiger partial charge in [0.25, 0.3) is 0 Å². The zero-order valence-corrected chi connectivity index (χ0v) is 59.0. The molecule has 18 aromatic carbocycles. The third-order valence-corrected chi connectivity index (χ3v) is 22.2. The highest BCUT2D eigenvalue weighted by atomic mass is 15.0. The quantitative estimate of drug-likeness (QED) is 0.130. The Morgan fingerprint density at radius 3 is 0.704 bits per heavy atom. The van der Waals surface area contributed by atoms with Crippen LogP contribution in [0.3, 0.4) is 0 Å². The highest BCUT2D eigenvalue weighted by Crippen LogP contribution is 2.43. The molecule has 22 aromatic rings. The molecule has 0 unspecified atom stereocenters. The number of aromatic nitrogens is 4. The fourth-order valence-electron chi connectivity index (χ4n) is 17.0. The average molecular weight is 1370 g/mol. The molecule has 0 atom stereocenters. The summed E-state index contributed by atoms with van der Waals surface area (Å²) in [6, 6.07) is 150. The molecule has 4 heterocycles. The predicted octanol–water partition coefficient (Wildman–Crippen LogP) is 28.1. The molecule has 0 amide bonds. The van der Waals surface area contributed by atoms with Crippen molar-refractivity contribution in [2.45, 2.75) is 0 Å². The van der Waals surface area contributed by atoms with Crippen LogP contribution < -0.4 is 0 Å². The van der Waals surface area contributed by atoms with E-state index in [1.165, 1.54) is 176 Å². The first-order valence-electron chi connectivity index (χ1n) is 37.2. The molecule has 0 saturated carbocycles. The van der Waals surface area contributed by atoms with Gasteiger partial charge in [-0.25, -0.2) is 0 Å². The van der Waals surface area contributed by atoms with Crippen LogP contribution in [-0.4, -0.2) is 18.3 Å². The van der Waals surface area contributed by atoms with Gasteiger partial charge in [-0.1, -0.05) is 279 Å². The Hall–Kier alpha value is -14.3. The summed E-state index contributed by atoms with van der Waals surface area (Å²) in [4.78, 5) is 0. The molecule has 4 heteroatoms. The molecule has 108 heavy (non-hydrogen) atoms. The minimum Gasteiger partial charge on any atom is -0.309 e. The number of rotatable bonds is 10. The van der Waals surface area contributed by atoms with Gasteiger partial charge in [-0.05, 0) is 222 Å². The standard InChI is InChI=1S/2C52H34N2/c1-2-12-35(13-3-1)38-16-10-18-43(31-38)53-49-22-8-6-20-45(49)47-33-41(26-28-51(47)53)42-27-29-52-48(34-42)46-21-7-9-23-50(46)54(52)44-19-11-17-39(32-44)40-25-24-36-14-4-5-15-37(36)30-40;1-2-11-35(12-3-1)39-15-10-16-44(32-39)54-50-20-9-7-18-46(50)48-34-42(26-30-52(48)54)41-25-29-51-47(33-41)45-17-6-8-19-49(45)53(51)43-27-23-37(24-28-43)40-22-21-36-13-4-5-14-38(36)31-40/h2*1-34H. The van der Waals surface area contributed by atoms with Gasteiger partial charge in [-0.15, -0.1) is 0 Å². The van der Waals surface area contributed by atoms with Crippen molar-refractivity contribution in [3.05, 3.63) is 413 Å². The molecule has 0 aliphatic heterocycles. The van der Waals surface area contributed by atoms with Gasteiger partial charge in [0.2, 0.25) is 0 Å². The van der Waals surface area contributed by atoms with Gasteiger partial charge < -0.3 is 18.3 Å². The highest BCUT2D eigenvalue weighted by molar-refractivity contribution is 6.15. The number of benzene rings is 18. The summed E-state index contributed by atoms with van der Waals surface area (Å²) >= 11 is 0. The van der Waals surface area contributed by atoms with E-state index in [9.17, 15) is 0 Å². The second-order valence-electron chi connectivity index (χ2n) is 28.4. The molecule has 504 valence electrons. The van der Waals surface area contributed by atoms with Crippen molar-refractivity contribution in [1.82, 2.24) is 18.3 Å². The summed E-state index contributed by atoms with van der Waals surface area (Å²) in [5, 5.41) is 15.1. The normalized spacial score (nSPS) is 11.7. The monoisotopic (exact) mass is 1370 g/mol. The topological polar surface area (TPSA) is 19.7 Å². The van der Waals surface area contributed by atoms with Crippen LogP contribution in [0, 0.1) is 0 Å². The van der Waals surface area contributed by atoms with Crippen LogP contribution >= 0.6 is 0 Å². The molecular weight excluding hydrogens is 1310 g/mol. The van der Waals surface area contributed by atoms with Crippen molar-refractivity contribution in [3.63, 3.8) is 0 Å². The lowest BCUT2D eigenvalue weighted by molar-refractivity contribution is 1.18. The molecule has 0 saturated heterocycles. The minimum atomic E-state index is 1.16. The average Bonchev–Trinajstić information content (AvgIpc) is 1.59. The van der Waals surface area contributed by atoms with Gasteiger partial charge in [0.05, 0.1) is 44.1 Å². The van der Waals surface area contributed by atoms with Crippen molar-refractivity contribution >= 4 is 109 Å². The summed E-state index contributed by atoms with van der Waals surface area (Å²) in [6.45, 7) is 0. The van der Waals surface area contributed by atoms with E-state index >= 15 is 0 Å². The Morgan fingerprint density at radius 2 is 0.343 bits per heavy atom.